The van der Waals surface area contributed by atoms with Crippen LogP contribution in [0.1, 0.15) is 24.8 Å². The van der Waals surface area contributed by atoms with Crippen LogP contribution >= 0.6 is 0 Å². The van der Waals surface area contributed by atoms with E-state index in [0.29, 0.717) is 37.6 Å². The highest BCUT2D eigenvalue weighted by molar-refractivity contribution is 5.66. The van der Waals surface area contributed by atoms with Gasteiger partial charge in [0.25, 0.3) is 0 Å². The molecule has 5 heteroatoms. The molecule has 0 amide bonds. The van der Waals surface area contributed by atoms with Crippen molar-refractivity contribution >= 4 is 5.97 Å². The Kier molecular flexibility index (Phi) is 6.41. The fourth-order valence-corrected chi connectivity index (χ4v) is 1.99. The van der Waals surface area contributed by atoms with Crippen LogP contribution < -0.4 is 9.47 Å². The second-order valence-electron chi connectivity index (χ2n) is 5.09. The van der Waals surface area contributed by atoms with Gasteiger partial charge in [-0.25, -0.2) is 4.39 Å². The van der Waals surface area contributed by atoms with Crippen LogP contribution in [0.2, 0.25) is 0 Å². The standard InChI is InChI=1S/C18H19FO4/c19-15-5-3-4-14(12-15)13-23-17-9-7-16(8-10-17)22-11-2-1-6-18(20)21/h3-5,7-10,12H,1-2,6,11,13H2,(H,20,21). The zero-order valence-corrected chi connectivity index (χ0v) is 12.7. The summed E-state index contributed by atoms with van der Waals surface area (Å²) < 4.78 is 24.2. The predicted molar refractivity (Wildman–Crippen MR) is 84.2 cm³/mol. The minimum atomic E-state index is -0.787. The number of hydrogen-bond donors (Lipinski definition) is 1. The van der Waals surface area contributed by atoms with Gasteiger partial charge in [-0.15, -0.1) is 0 Å². The van der Waals surface area contributed by atoms with E-state index in [0.717, 1.165) is 5.56 Å². The van der Waals surface area contributed by atoms with Crippen LogP contribution in [0.3, 0.4) is 0 Å². The monoisotopic (exact) mass is 318 g/mol. The summed E-state index contributed by atoms with van der Waals surface area (Å²) in [5, 5.41) is 8.53. The Morgan fingerprint density at radius 1 is 1.00 bits per heavy atom. The molecular formula is C18H19FO4. The number of carboxylic acids is 1. The van der Waals surface area contributed by atoms with Crippen LogP contribution in [-0.2, 0) is 11.4 Å². The molecule has 23 heavy (non-hydrogen) atoms. The number of aliphatic carboxylic acids is 1. The summed E-state index contributed by atoms with van der Waals surface area (Å²) in [6.45, 7) is 0.782. The number of halogens is 1. The maximum atomic E-state index is 13.1. The molecule has 0 saturated carbocycles. The van der Waals surface area contributed by atoms with E-state index in [1.54, 1.807) is 36.4 Å². The average Bonchev–Trinajstić information content (AvgIpc) is 2.53. The van der Waals surface area contributed by atoms with Crippen molar-refractivity contribution in [1.29, 1.82) is 0 Å². The molecule has 1 N–H and O–H groups in total. The molecule has 0 saturated heterocycles. The van der Waals surface area contributed by atoms with E-state index in [2.05, 4.69) is 0 Å². The SMILES string of the molecule is O=C(O)CCCCOc1ccc(OCc2cccc(F)c2)cc1. The Balaban J connectivity index is 1.72. The van der Waals surface area contributed by atoms with Gasteiger partial charge in [0.15, 0.2) is 0 Å². The molecule has 2 rings (SSSR count). The van der Waals surface area contributed by atoms with Crippen molar-refractivity contribution < 1.29 is 23.8 Å². The zero-order valence-electron chi connectivity index (χ0n) is 12.7. The van der Waals surface area contributed by atoms with Crippen LogP contribution in [0.15, 0.2) is 48.5 Å². The summed E-state index contributed by atoms with van der Waals surface area (Å²) in [6.07, 6.45) is 1.46. The average molecular weight is 318 g/mol. The minimum absolute atomic E-state index is 0.163. The lowest BCUT2D eigenvalue weighted by Gasteiger charge is -2.09. The maximum Gasteiger partial charge on any atom is 0.303 e. The summed E-state index contributed by atoms with van der Waals surface area (Å²) in [5.41, 5.74) is 0.767. The van der Waals surface area contributed by atoms with Gasteiger partial charge >= 0.3 is 5.97 Å². The van der Waals surface area contributed by atoms with Gasteiger partial charge in [-0.2, -0.15) is 0 Å². The van der Waals surface area contributed by atoms with Crippen molar-refractivity contribution in [2.45, 2.75) is 25.9 Å². The second-order valence-corrected chi connectivity index (χ2v) is 5.09. The molecule has 2 aromatic rings. The van der Waals surface area contributed by atoms with Crippen molar-refractivity contribution in [3.8, 4) is 11.5 Å². The van der Waals surface area contributed by atoms with Gasteiger partial charge < -0.3 is 14.6 Å². The fourth-order valence-electron chi connectivity index (χ4n) is 1.99. The lowest BCUT2D eigenvalue weighted by atomic mass is 10.2. The van der Waals surface area contributed by atoms with E-state index in [-0.39, 0.29) is 12.2 Å². The predicted octanol–water partition coefficient (Wildman–Crippen LogP) is 4.04. The third-order valence-electron chi connectivity index (χ3n) is 3.17. The third-order valence-corrected chi connectivity index (χ3v) is 3.17. The number of benzene rings is 2. The Morgan fingerprint density at radius 3 is 2.35 bits per heavy atom. The maximum absolute atomic E-state index is 13.1. The van der Waals surface area contributed by atoms with E-state index < -0.39 is 5.97 Å². The molecule has 0 aliphatic heterocycles. The number of ether oxygens (including phenoxy) is 2. The van der Waals surface area contributed by atoms with Gasteiger partial charge in [-0.1, -0.05) is 12.1 Å². The van der Waals surface area contributed by atoms with E-state index in [1.807, 2.05) is 0 Å². The molecule has 0 aliphatic rings. The van der Waals surface area contributed by atoms with Crippen LogP contribution in [-0.4, -0.2) is 17.7 Å². The molecule has 0 spiro atoms. The first kappa shape index (κ1) is 16.8. The second kappa shape index (κ2) is 8.78. The molecule has 2 aromatic carbocycles. The zero-order chi connectivity index (χ0) is 16.5. The van der Waals surface area contributed by atoms with Crippen LogP contribution in [0, 0.1) is 5.82 Å². The van der Waals surface area contributed by atoms with Crippen molar-refractivity contribution in [3.05, 3.63) is 59.9 Å². The van der Waals surface area contributed by atoms with E-state index >= 15 is 0 Å². The normalized spacial score (nSPS) is 10.3. The molecule has 0 aliphatic carbocycles. The Morgan fingerprint density at radius 2 is 1.70 bits per heavy atom. The molecule has 0 unspecified atom stereocenters. The summed E-state index contributed by atoms with van der Waals surface area (Å²) in [6, 6.07) is 13.4. The van der Waals surface area contributed by atoms with Crippen molar-refractivity contribution in [2.24, 2.45) is 0 Å². The summed E-state index contributed by atoms with van der Waals surface area (Å²) >= 11 is 0. The van der Waals surface area contributed by atoms with Crippen molar-refractivity contribution in [2.75, 3.05) is 6.61 Å². The largest absolute Gasteiger partial charge is 0.494 e. The van der Waals surface area contributed by atoms with Crippen LogP contribution in [0.25, 0.3) is 0 Å². The number of carboxylic acid groups (broad SMARTS) is 1. The number of rotatable bonds is 9. The number of unbranched alkanes of at least 4 members (excludes halogenated alkanes) is 1. The summed E-state index contributed by atoms with van der Waals surface area (Å²) in [5.74, 6) is 0.313. The van der Waals surface area contributed by atoms with Crippen molar-refractivity contribution in [1.82, 2.24) is 0 Å². The van der Waals surface area contributed by atoms with Crippen LogP contribution in [0.4, 0.5) is 4.39 Å². The molecular weight excluding hydrogens is 299 g/mol. The third kappa shape index (κ3) is 6.38. The number of carbonyl (C=O) groups is 1. The highest BCUT2D eigenvalue weighted by Gasteiger charge is 2.00. The highest BCUT2D eigenvalue weighted by Crippen LogP contribution is 2.19. The fraction of sp³-hybridized carbons (Fsp3) is 0.278. The van der Waals surface area contributed by atoms with E-state index in [9.17, 15) is 9.18 Å². The first-order valence-electron chi connectivity index (χ1n) is 7.45. The molecule has 4 nitrogen and oxygen atoms in total. The van der Waals surface area contributed by atoms with Gasteiger partial charge in [-0.3, -0.25) is 4.79 Å². The topological polar surface area (TPSA) is 55.8 Å². The molecule has 0 bridgehead atoms. The molecule has 0 fully saturated rings. The molecule has 0 atom stereocenters. The summed E-state index contributed by atoms with van der Waals surface area (Å²) in [4.78, 5) is 10.4. The molecule has 0 radical (unpaired) electrons. The van der Waals surface area contributed by atoms with Gasteiger partial charge in [0, 0.05) is 6.42 Å². The Labute approximate surface area is 134 Å². The van der Waals surface area contributed by atoms with Crippen LogP contribution in [0.5, 0.6) is 11.5 Å². The van der Waals surface area contributed by atoms with E-state index in [1.165, 1.54) is 12.1 Å². The van der Waals surface area contributed by atoms with Gasteiger partial charge in [0.05, 0.1) is 6.61 Å². The Hall–Kier alpha value is -2.56. The first-order valence-corrected chi connectivity index (χ1v) is 7.45. The smallest absolute Gasteiger partial charge is 0.303 e. The van der Waals surface area contributed by atoms with E-state index in [4.69, 9.17) is 14.6 Å². The lowest BCUT2D eigenvalue weighted by molar-refractivity contribution is -0.137. The minimum Gasteiger partial charge on any atom is -0.494 e. The van der Waals surface area contributed by atoms with Gasteiger partial charge in [0.2, 0.25) is 0 Å². The highest BCUT2D eigenvalue weighted by atomic mass is 19.1. The van der Waals surface area contributed by atoms with Gasteiger partial charge in [0.1, 0.15) is 23.9 Å². The molecule has 0 aromatic heterocycles. The molecule has 0 heterocycles. The van der Waals surface area contributed by atoms with Crippen molar-refractivity contribution in [3.63, 3.8) is 0 Å². The van der Waals surface area contributed by atoms with Gasteiger partial charge in [-0.05, 0) is 54.8 Å². The lowest BCUT2D eigenvalue weighted by Crippen LogP contribution is -2.00. The Bertz CT molecular complexity index is 625. The summed E-state index contributed by atoms with van der Waals surface area (Å²) in [7, 11) is 0. The first-order chi connectivity index (χ1) is 11.1. The quantitative estimate of drug-likeness (QED) is 0.709. The number of hydrogen-bond acceptors (Lipinski definition) is 3. The molecule has 122 valence electrons.